The molecule has 0 aliphatic carbocycles. The van der Waals surface area contributed by atoms with E-state index in [2.05, 4.69) is 57.4 Å². The van der Waals surface area contributed by atoms with Crippen molar-refractivity contribution in [2.75, 3.05) is 7.11 Å². The minimum atomic E-state index is 0.153. The molecule has 1 rings (SSSR count). The van der Waals surface area contributed by atoms with Crippen LogP contribution in [0.25, 0.3) is 0 Å². The molecule has 0 aliphatic heterocycles. The molecule has 3 nitrogen and oxygen atoms in total. The van der Waals surface area contributed by atoms with Crippen molar-refractivity contribution in [1.82, 2.24) is 5.43 Å². The molecular formula is C17H30N2O. The topological polar surface area (TPSA) is 47.3 Å². The third kappa shape index (κ3) is 4.89. The summed E-state index contributed by atoms with van der Waals surface area (Å²) >= 11 is 0. The molecule has 0 amide bonds. The van der Waals surface area contributed by atoms with Crippen LogP contribution in [0.2, 0.25) is 0 Å². The van der Waals surface area contributed by atoms with Crippen molar-refractivity contribution in [3.63, 3.8) is 0 Å². The maximum atomic E-state index is 5.70. The minimum absolute atomic E-state index is 0.153. The first kappa shape index (κ1) is 17.2. The highest BCUT2D eigenvalue weighted by molar-refractivity contribution is 5.28. The lowest BCUT2D eigenvalue weighted by atomic mass is 9.86. The predicted octanol–water partition coefficient (Wildman–Crippen LogP) is 3.17. The van der Waals surface area contributed by atoms with Gasteiger partial charge in [0.1, 0.15) is 0 Å². The maximum Gasteiger partial charge on any atom is 0.0740 e. The molecule has 114 valence electrons. The van der Waals surface area contributed by atoms with Gasteiger partial charge in [-0.3, -0.25) is 11.3 Å². The second-order valence-electron chi connectivity index (χ2n) is 6.49. The zero-order chi connectivity index (χ0) is 15.2. The van der Waals surface area contributed by atoms with Gasteiger partial charge >= 0.3 is 0 Å². The van der Waals surface area contributed by atoms with E-state index in [0.29, 0.717) is 0 Å². The van der Waals surface area contributed by atoms with Crippen molar-refractivity contribution in [3.05, 3.63) is 35.4 Å². The van der Waals surface area contributed by atoms with E-state index < -0.39 is 0 Å². The van der Waals surface area contributed by atoms with Gasteiger partial charge in [0.2, 0.25) is 0 Å². The summed E-state index contributed by atoms with van der Waals surface area (Å²) in [6, 6.07) is 8.97. The van der Waals surface area contributed by atoms with Crippen molar-refractivity contribution >= 4 is 0 Å². The molecule has 1 aromatic rings. The Morgan fingerprint density at radius 3 is 2.20 bits per heavy atom. The number of hydrogen-bond acceptors (Lipinski definition) is 3. The van der Waals surface area contributed by atoms with E-state index in [9.17, 15) is 0 Å². The molecule has 2 unspecified atom stereocenters. The van der Waals surface area contributed by atoms with Gasteiger partial charge in [-0.1, -0.05) is 58.4 Å². The average Bonchev–Trinajstić information content (AvgIpc) is 2.42. The molecular weight excluding hydrogens is 248 g/mol. The van der Waals surface area contributed by atoms with Gasteiger partial charge in [-0.2, -0.15) is 0 Å². The van der Waals surface area contributed by atoms with Crippen molar-refractivity contribution in [2.45, 2.75) is 64.5 Å². The quantitative estimate of drug-likeness (QED) is 0.595. The number of hydrogen-bond donors (Lipinski definition) is 2. The summed E-state index contributed by atoms with van der Waals surface area (Å²) in [7, 11) is 1.76. The van der Waals surface area contributed by atoms with E-state index in [1.807, 2.05) is 0 Å². The first-order valence-electron chi connectivity index (χ1n) is 7.50. The second-order valence-corrected chi connectivity index (χ2v) is 6.49. The van der Waals surface area contributed by atoms with Gasteiger partial charge in [-0.25, -0.2) is 0 Å². The number of hydrazine groups is 1. The first-order valence-corrected chi connectivity index (χ1v) is 7.50. The zero-order valence-corrected chi connectivity index (χ0v) is 13.6. The molecule has 0 heterocycles. The number of benzene rings is 1. The van der Waals surface area contributed by atoms with Crippen LogP contribution in [0.3, 0.4) is 0 Å². The van der Waals surface area contributed by atoms with E-state index in [-0.39, 0.29) is 17.6 Å². The van der Waals surface area contributed by atoms with E-state index >= 15 is 0 Å². The molecule has 20 heavy (non-hydrogen) atoms. The van der Waals surface area contributed by atoms with Gasteiger partial charge in [0.25, 0.3) is 0 Å². The molecule has 3 heteroatoms. The Labute approximate surface area is 123 Å². The third-order valence-electron chi connectivity index (χ3n) is 3.81. The van der Waals surface area contributed by atoms with Crippen molar-refractivity contribution in [3.8, 4) is 0 Å². The highest BCUT2D eigenvalue weighted by Gasteiger charge is 2.20. The summed E-state index contributed by atoms with van der Waals surface area (Å²) in [5.74, 6) is 5.70. The molecule has 0 aromatic heterocycles. The molecule has 2 atom stereocenters. The molecule has 0 saturated heterocycles. The van der Waals surface area contributed by atoms with Crippen LogP contribution in [0.5, 0.6) is 0 Å². The summed E-state index contributed by atoms with van der Waals surface area (Å²) in [5.41, 5.74) is 5.75. The van der Waals surface area contributed by atoms with Crippen LogP contribution in [0.4, 0.5) is 0 Å². The Balaban J connectivity index is 2.75. The van der Waals surface area contributed by atoms with Crippen LogP contribution >= 0.6 is 0 Å². The highest BCUT2D eigenvalue weighted by Crippen LogP contribution is 2.23. The number of ether oxygens (including phenoxy) is 1. The summed E-state index contributed by atoms with van der Waals surface area (Å²) in [6.07, 6.45) is 3.16. The fraction of sp³-hybridized carbons (Fsp3) is 0.647. The molecule has 0 spiro atoms. The maximum absolute atomic E-state index is 5.70. The Bertz CT molecular complexity index is 381. The van der Waals surface area contributed by atoms with Gasteiger partial charge in [-0.15, -0.1) is 0 Å². The Morgan fingerprint density at radius 2 is 1.80 bits per heavy atom. The SMILES string of the molecule is CCCC(OC)C(Cc1ccc(C(C)(C)C)cc1)NN. The van der Waals surface area contributed by atoms with Crippen LogP contribution in [-0.4, -0.2) is 19.3 Å². The average molecular weight is 278 g/mol. The van der Waals surface area contributed by atoms with E-state index in [4.69, 9.17) is 10.6 Å². The van der Waals surface area contributed by atoms with Crippen molar-refractivity contribution < 1.29 is 4.74 Å². The summed E-state index contributed by atoms with van der Waals surface area (Å²) in [4.78, 5) is 0. The first-order chi connectivity index (χ1) is 9.42. The predicted molar refractivity (Wildman–Crippen MR) is 85.7 cm³/mol. The number of nitrogens with one attached hydrogen (secondary N) is 1. The highest BCUT2D eigenvalue weighted by atomic mass is 16.5. The molecule has 3 N–H and O–H groups in total. The number of rotatable bonds is 7. The fourth-order valence-electron chi connectivity index (χ4n) is 2.46. The number of methoxy groups -OCH3 is 1. The van der Waals surface area contributed by atoms with Crippen LogP contribution in [0.15, 0.2) is 24.3 Å². The molecule has 0 fully saturated rings. The summed E-state index contributed by atoms with van der Waals surface area (Å²) < 4.78 is 5.55. The van der Waals surface area contributed by atoms with Gasteiger partial charge in [0, 0.05) is 7.11 Å². The Morgan fingerprint density at radius 1 is 1.20 bits per heavy atom. The molecule has 1 aromatic carbocycles. The summed E-state index contributed by atoms with van der Waals surface area (Å²) in [5, 5.41) is 0. The van der Waals surface area contributed by atoms with E-state index in [0.717, 1.165) is 19.3 Å². The standard InChI is InChI=1S/C17H30N2O/c1-6-7-16(20-5)15(19-18)12-13-8-10-14(11-9-13)17(2,3)4/h8-11,15-16,19H,6-7,12,18H2,1-5H3. The minimum Gasteiger partial charge on any atom is -0.380 e. The van der Waals surface area contributed by atoms with Crippen LogP contribution in [0.1, 0.15) is 51.7 Å². The summed E-state index contributed by atoms with van der Waals surface area (Å²) in [6.45, 7) is 8.86. The van der Waals surface area contributed by atoms with Gasteiger partial charge in [0.05, 0.1) is 12.1 Å². The lowest BCUT2D eigenvalue weighted by Gasteiger charge is -2.25. The van der Waals surface area contributed by atoms with E-state index in [1.165, 1.54) is 11.1 Å². The molecule has 0 radical (unpaired) electrons. The Kier molecular flexibility index (Phi) is 6.66. The van der Waals surface area contributed by atoms with Gasteiger partial charge < -0.3 is 4.74 Å². The lowest BCUT2D eigenvalue weighted by molar-refractivity contribution is 0.0609. The second kappa shape index (κ2) is 7.77. The fourth-order valence-corrected chi connectivity index (χ4v) is 2.46. The monoisotopic (exact) mass is 278 g/mol. The molecule has 0 saturated carbocycles. The molecule has 0 aliphatic rings. The van der Waals surface area contributed by atoms with E-state index in [1.54, 1.807) is 7.11 Å². The Hall–Kier alpha value is -0.900. The smallest absolute Gasteiger partial charge is 0.0740 e. The van der Waals surface area contributed by atoms with Crippen LogP contribution in [0, 0.1) is 0 Å². The van der Waals surface area contributed by atoms with Gasteiger partial charge in [0.15, 0.2) is 0 Å². The van der Waals surface area contributed by atoms with Crippen LogP contribution in [-0.2, 0) is 16.6 Å². The van der Waals surface area contributed by atoms with Crippen molar-refractivity contribution in [2.24, 2.45) is 5.84 Å². The molecule has 0 bridgehead atoms. The zero-order valence-electron chi connectivity index (χ0n) is 13.6. The third-order valence-corrected chi connectivity index (χ3v) is 3.81. The largest absolute Gasteiger partial charge is 0.380 e. The number of nitrogens with two attached hydrogens (primary N) is 1. The van der Waals surface area contributed by atoms with Crippen molar-refractivity contribution in [1.29, 1.82) is 0 Å². The lowest BCUT2D eigenvalue weighted by Crippen LogP contribution is -2.46. The normalized spacial score (nSPS) is 15.1. The van der Waals surface area contributed by atoms with Gasteiger partial charge in [-0.05, 0) is 29.4 Å². The van der Waals surface area contributed by atoms with Crippen LogP contribution < -0.4 is 11.3 Å².